The fourth-order valence-electron chi connectivity index (χ4n) is 6.97. The van der Waals surface area contributed by atoms with Crippen LogP contribution in [0.5, 0.6) is 0 Å². The summed E-state index contributed by atoms with van der Waals surface area (Å²) in [7, 11) is 1.17. The number of hydrogen-bond acceptors (Lipinski definition) is 11. The zero-order valence-electron chi connectivity index (χ0n) is 45.9. The number of methoxy groups -OCH3 is 1. The molecule has 0 radical (unpaired) electrons. The van der Waals surface area contributed by atoms with Crippen molar-refractivity contribution in [3.63, 3.8) is 0 Å². The molecule has 19 heteroatoms. The van der Waals surface area contributed by atoms with E-state index < -0.39 is 81.4 Å². The Morgan fingerprint density at radius 3 is 1.05 bits per heavy atom. The number of amides is 8. The zero-order chi connectivity index (χ0) is 58.0. The summed E-state index contributed by atoms with van der Waals surface area (Å²) in [4.78, 5) is 125. The van der Waals surface area contributed by atoms with Crippen LogP contribution in [0.4, 0.5) is 0 Å². The van der Waals surface area contributed by atoms with E-state index in [9.17, 15) is 43.2 Å². The van der Waals surface area contributed by atoms with Crippen molar-refractivity contribution >= 4 is 77.5 Å². The van der Waals surface area contributed by atoms with E-state index >= 15 is 0 Å². The average molecular weight is 1070 g/mol. The third-order valence-corrected chi connectivity index (χ3v) is 11.4. The Morgan fingerprint density at radius 1 is 0.449 bits per heavy atom. The van der Waals surface area contributed by atoms with Gasteiger partial charge in [-0.25, -0.2) is 4.79 Å². The fourth-order valence-corrected chi connectivity index (χ4v) is 6.97. The van der Waals surface area contributed by atoms with Crippen LogP contribution in [0.15, 0.2) is 144 Å². The lowest BCUT2D eigenvalue weighted by Gasteiger charge is -2.28. The topological polar surface area (TPSA) is 285 Å². The van der Waals surface area contributed by atoms with Crippen molar-refractivity contribution in [2.24, 2.45) is 11.7 Å². The van der Waals surface area contributed by atoms with Crippen molar-refractivity contribution in [1.82, 2.24) is 42.5 Å². The monoisotopic (exact) mass is 1070 g/mol. The first-order valence-corrected chi connectivity index (χ1v) is 25.0. The van der Waals surface area contributed by atoms with Gasteiger partial charge in [-0.1, -0.05) is 135 Å². The maximum Gasteiger partial charge on any atom is 0.330 e. The van der Waals surface area contributed by atoms with Crippen molar-refractivity contribution in [1.29, 1.82) is 0 Å². The Bertz CT molecular complexity index is 2960. The molecular weight excluding hydrogens is 995 g/mol. The summed E-state index contributed by atoms with van der Waals surface area (Å²) < 4.78 is 4.83. The van der Waals surface area contributed by atoms with Gasteiger partial charge in [0.2, 0.25) is 23.6 Å². The standard InChI is InChI=1S/C59H71N9O10/c1-37(2)32-42(61-48(70)43(33-38-24-16-12-17-25-38)64-53(75)57(5,6)67-50(72)45(63-52(74)56(3,4)60)35-40-28-20-14-21-29-40)47(69)62-44(34-39-26-18-13-19-27-39)49(71)66-58(7,8)54(76)65-46(36-41-30-22-15-23-31-41)51(73)68-59(9,10)55(77)78-11/h12-31,33-37,42H,32,60H2,1-11H3,(H,61,70)(H,62,69)(H,63,74)(H,64,75)(H,65,76)(H,66,71)(H,67,72)(H,68,73)/b43-33+,44-34+,45-35+,46-36-/t42-/m0/s1. The lowest BCUT2D eigenvalue weighted by Crippen LogP contribution is -2.58. The number of rotatable bonds is 23. The number of nitrogens with two attached hydrogens (primary N) is 1. The van der Waals surface area contributed by atoms with Gasteiger partial charge >= 0.3 is 5.97 Å². The van der Waals surface area contributed by atoms with Gasteiger partial charge in [0, 0.05) is 0 Å². The van der Waals surface area contributed by atoms with Crippen molar-refractivity contribution < 1.29 is 47.9 Å². The Morgan fingerprint density at radius 2 is 0.744 bits per heavy atom. The second-order valence-corrected chi connectivity index (χ2v) is 20.8. The second-order valence-electron chi connectivity index (χ2n) is 20.8. The highest BCUT2D eigenvalue weighted by Gasteiger charge is 2.37. The SMILES string of the molecule is COC(=O)C(C)(C)NC(=O)/C(=C/c1ccccc1)NC(=O)C(C)(C)NC(=O)/C(=C\c1ccccc1)NC(=O)[C@H](CC(C)C)NC(=O)/C(=C\c1ccccc1)NC(=O)C(C)(C)NC(=O)/C(=C\c1ccccc1)NC(=O)C(C)(C)N. The third kappa shape index (κ3) is 19.0. The van der Waals surface area contributed by atoms with Gasteiger partial charge in [-0.15, -0.1) is 0 Å². The fraction of sp³-hybridized carbons (Fsp3) is 0.305. The molecule has 0 bridgehead atoms. The molecule has 0 aliphatic heterocycles. The van der Waals surface area contributed by atoms with Crippen LogP contribution in [0.1, 0.15) is 97.9 Å². The van der Waals surface area contributed by atoms with Crippen molar-refractivity contribution in [2.45, 2.75) is 104 Å². The molecule has 0 fully saturated rings. The van der Waals surface area contributed by atoms with E-state index in [1.165, 1.54) is 86.8 Å². The van der Waals surface area contributed by atoms with Crippen LogP contribution in [0.3, 0.4) is 0 Å². The minimum atomic E-state index is -1.78. The number of nitrogens with one attached hydrogen (secondary N) is 8. The number of carbonyl (C=O) groups is 9. The number of esters is 1. The number of carbonyl (C=O) groups excluding carboxylic acids is 9. The minimum Gasteiger partial charge on any atom is -0.467 e. The van der Waals surface area contributed by atoms with E-state index in [4.69, 9.17) is 10.5 Å². The van der Waals surface area contributed by atoms with Crippen LogP contribution in [0.25, 0.3) is 24.3 Å². The molecule has 0 unspecified atom stereocenters. The Labute approximate surface area is 455 Å². The van der Waals surface area contributed by atoms with Crippen molar-refractivity contribution in [2.75, 3.05) is 7.11 Å². The molecule has 412 valence electrons. The summed E-state index contributed by atoms with van der Waals surface area (Å²) in [5.74, 6) is -7.70. The Balaban J connectivity index is 1.64. The molecule has 78 heavy (non-hydrogen) atoms. The van der Waals surface area contributed by atoms with Gasteiger partial charge in [0.1, 0.15) is 45.4 Å². The van der Waals surface area contributed by atoms with Gasteiger partial charge in [-0.3, -0.25) is 38.4 Å². The van der Waals surface area contributed by atoms with Crippen LogP contribution in [-0.4, -0.2) is 88.5 Å². The first-order valence-electron chi connectivity index (χ1n) is 25.0. The van der Waals surface area contributed by atoms with E-state index in [0.29, 0.717) is 22.3 Å². The third-order valence-electron chi connectivity index (χ3n) is 11.4. The lowest BCUT2D eigenvalue weighted by atomic mass is 10.0. The van der Waals surface area contributed by atoms with Gasteiger partial charge in [-0.05, 0) is 114 Å². The van der Waals surface area contributed by atoms with Crippen molar-refractivity contribution in [3.8, 4) is 0 Å². The predicted octanol–water partition coefficient (Wildman–Crippen LogP) is 4.74. The largest absolute Gasteiger partial charge is 0.467 e. The van der Waals surface area contributed by atoms with E-state index in [0.717, 1.165) is 0 Å². The predicted molar refractivity (Wildman–Crippen MR) is 299 cm³/mol. The van der Waals surface area contributed by atoms with E-state index in [1.54, 1.807) is 121 Å². The van der Waals surface area contributed by atoms with Crippen LogP contribution in [-0.2, 0) is 47.9 Å². The quantitative estimate of drug-likeness (QED) is 0.0361. The molecule has 19 nitrogen and oxygen atoms in total. The molecule has 0 saturated heterocycles. The van der Waals surface area contributed by atoms with Crippen LogP contribution in [0.2, 0.25) is 0 Å². The lowest BCUT2D eigenvalue weighted by molar-refractivity contribution is -0.149. The minimum absolute atomic E-state index is 0.0348. The molecule has 0 spiro atoms. The molecule has 0 saturated carbocycles. The molecule has 4 aromatic carbocycles. The molecule has 0 aliphatic rings. The second kappa shape index (κ2) is 27.2. The smallest absolute Gasteiger partial charge is 0.330 e. The van der Waals surface area contributed by atoms with Crippen molar-refractivity contribution in [3.05, 3.63) is 166 Å². The normalized spacial score (nSPS) is 13.0. The molecule has 1 atom stereocenters. The summed E-state index contributed by atoms with van der Waals surface area (Å²) in [5.41, 5.74) is 0.554. The highest BCUT2D eigenvalue weighted by Crippen LogP contribution is 2.17. The molecule has 0 aromatic heterocycles. The average Bonchev–Trinajstić information content (AvgIpc) is 3.39. The van der Waals surface area contributed by atoms with Crippen LogP contribution in [0, 0.1) is 5.92 Å². The molecular formula is C59H71N9O10. The number of benzene rings is 4. The summed E-state index contributed by atoms with van der Waals surface area (Å²) >= 11 is 0. The zero-order valence-corrected chi connectivity index (χ0v) is 45.9. The molecule has 4 aromatic rings. The molecule has 8 amide bonds. The summed E-state index contributed by atoms with van der Waals surface area (Å²) in [6, 6.07) is 32.9. The summed E-state index contributed by atoms with van der Waals surface area (Å²) in [6.45, 7) is 14.9. The number of ether oxygens (including phenoxy) is 1. The highest BCUT2D eigenvalue weighted by molar-refractivity contribution is 6.10. The first kappa shape index (κ1) is 61.6. The first-order chi connectivity index (χ1) is 36.5. The summed E-state index contributed by atoms with van der Waals surface area (Å²) in [6.07, 6.45) is 5.60. The van der Waals surface area contributed by atoms with Gasteiger partial charge in [-0.2, -0.15) is 0 Å². The van der Waals surface area contributed by atoms with E-state index in [2.05, 4.69) is 42.5 Å². The molecule has 0 aliphatic carbocycles. The number of hydrogen-bond donors (Lipinski definition) is 9. The highest BCUT2D eigenvalue weighted by atomic mass is 16.5. The van der Waals surface area contributed by atoms with Gasteiger partial charge in [0.25, 0.3) is 23.6 Å². The Kier molecular flexibility index (Phi) is 21.5. The van der Waals surface area contributed by atoms with Crippen LogP contribution < -0.4 is 48.3 Å². The summed E-state index contributed by atoms with van der Waals surface area (Å²) in [5, 5.41) is 20.9. The van der Waals surface area contributed by atoms with Gasteiger partial charge in [0.15, 0.2) is 0 Å². The maximum atomic E-state index is 14.5. The Hall–Kier alpha value is -8.97. The van der Waals surface area contributed by atoms with E-state index in [-0.39, 0.29) is 35.1 Å². The maximum absolute atomic E-state index is 14.5. The van der Waals surface area contributed by atoms with Gasteiger partial charge < -0.3 is 53.0 Å². The van der Waals surface area contributed by atoms with Crippen LogP contribution >= 0.6 is 0 Å². The van der Waals surface area contributed by atoms with Gasteiger partial charge in [0.05, 0.1) is 12.6 Å². The molecule has 0 heterocycles. The van der Waals surface area contributed by atoms with E-state index in [1.807, 2.05) is 13.8 Å². The molecule has 10 N–H and O–H groups in total. The molecule has 4 rings (SSSR count).